The molecule has 0 spiro atoms. The molecule has 3 heteroatoms. The summed E-state index contributed by atoms with van der Waals surface area (Å²) in [5.41, 5.74) is 0. The highest BCUT2D eigenvalue weighted by atomic mass is 16.6. The van der Waals surface area contributed by atoms with Crippen molar-refractivity contribution in [1.82, 2.24) is 0 Å². The Morgan fingerprint density at radius 3 is 2.43 bits per heavy atom. The van der Waals surface area contributed by atoms with Crippen LogP contribution in [-0.4, -0.2) is 11.9 Å². The smallest absolute Gasteiger partial charge is 0.313 e. The molecule has 0 radical (unpaired) electrons. The number of esters is 2. The molecule has 0 fully saturated rings. The molecule has 0 unspecified atom stereocenters. The fourth-order valence-corrected chi connectivity index (χ4v) is 1.37. The van der Waals surface area contributed by atoms with E-state index in [0.29, 0.717) is 19.3 Å². The molecular weight excluding hydrogens is 180 g/mol. The molecule has 78 valence electrons. The van der Waals surface area contributed by atoms with Crippen LogP contribution in [0.2, 0.25) is 0 Å². The van der Waals surface area contributed by atoms with Crippen molar-refractivity contribution in [2.75, 3.05) is 0 Å². The molecule has 0 saturated heterocycles. The normalized spacial score (nSPS) is 23.1. The summed E-state index contributed by atoms with van der Waals surface area (Å²) in [6.45, 7) is 0. The highest BCUT2D eigenvalue weighted by Gasteiger charge is 2.09. The van der Waals surface area contributed by atoms with Crippen LogP contribution in [0.5, 0.6) is 0 Å². The second kappa shape index (κ2) is 6.35. The maximum atomic E-state index is 11.0. The largest absolute Gasteiger partial charge is 0.393 e. The van der Waals surface area contributed by atoms with Crippen LogP contribution in [0.1, 0.15) is 44.9 Å². The van der Waals surface area contributed by atoms with Crippen molar-refractivity contribution in [3.8, 4) is 0 Å². The molecule has 1 heterocycles. The van der Waals surface area contributed by atoms with Gasteiger partial charge in [-0.25, -0.2) is 0 Å². The second-order valence-electron chi connectivity index (χ2n) is 3.46. The molecule has 3 nitrogen and oxygen atoms in total. The summed E-state index contributed by atoms with van der Waals surface area (Å²) in [6.07, 6.45) is 9.42. The maximum Gasteiger partial charge on any atom is 0.313 e. The maximum absolute atomic E-state index is 11.0. The molecule has 0 aromatic heterocycles. The monoisotopic (exact) mass is 196 g/mol. The summed E-state index contributed by atoms with van der Waals surface area (Å²) in [5, 5.41) is 0. The zero-order chi connectivity index (χ0) is 10.2. The van der Waals surface area contributed by atoms with Crippen molar-refractivity contribution in [1.29, 1.82) is 0 Å². The Labute approximate surface area is 84.1 Å². The third-order valence-corrected chi connectivity index (χ3v) is 2.16. The first kappa shape index (κ1) is 11.0. The minimum atomic E-state index is -0.403. The van der Waals surface area contributed by atoms with E-state index in [9.17, 15) is 9.59 Å². The summed E-state index contributed by atoms with van der Waals surface area (Å²) in [4.78, 5) is 22.1. The minimum absolute atomic E-state index is 0.308. The number of rotatable bonds is 0. The van der Waals surface area contributed by atoms with Crippen molar-refractivity contribution in [3.63, 3.8) is 0 Å². The van der Waals surface area contributed by atoms with E-state index >= 15 is 0 Å². The lowest BCUT2D eigenvalue weighted by Crippen LogP contribution is -2.11. The molecule has 0 amide bonds. The topological polar surface area (TPSA) is 43.4 Å². The molecule has 0 aromatic rings. The van der Waals surface area contributed by atoms with Crippen molar-refractivity contribution in [3.05, 3.63) is 12.2 Å². The van der Waals surface area contributed by atoms with Gasteiger partial charge in [0.05, 0.1) is 0 Å². The average Bonchev–Trinajstić information content (AvgIpc) is 2.13. The summed E-state index contributed by atoms with van der Waals surface area (Å²) in [6, 6.07) is 0. The minimum Gasteiger partial charge on any atom is -0.393 e. The van der Waals surface area contributed by atoms with E-state index in [0.717, 1.165) is 25.7 Å². The van der Waals surface area contributed by atoms with Crippen molar-refractivity contribution < 1.29 is 14.3 Å². The Hall–Kier alpha value is -1.12. The Bertz CT molecular complexity index is 231. The van der Waals surface area contributed by atoms with Crippen molar-refractivity contribution >= 4 is 11.9 Å². The van der Waals surface area contributed by atoms with Crippen LogP contribution in [0.3, 0.4) is 0 Å². The van der Waals surface area contributed by atoms with Gasteiger partial charge in [0, 0.05) is 12.8 Å². The Morgan fingerprint density at radius 2 is 1.57 bits per heavy atom. The van der Waals surface area contributed by atoms with Crippen LogP contribution < -0.4 is 0 Å². The quantitative estimate of drug-likeness (QED) is 0.339. The molecule has 1 rings (SSSR count). The number of ether oxygens (including phenoxy) is 1. The van der Waals surface area contributed by atoms with Gasteiger partial charge in [0.25, 0.3) is 0 Å². The Morgan fingerprint density at radius 1 is 0.857 bits per heavy atom. The summed E-state index contributed by atoms with van der Waals surface area (Å²) >= 11 is 0. The number of cyclic esters (lactones) is 2. The van der Waals surface area contributed by atoms with Crippen LogP contribution >= 0.6 is 0 Å². The van der Waals surface area contributed by atoms with Gasteiger partial charge in [-0.15, -0.1) is 0 Å². The summed E-state index contributed by atoms with van der Waals surface area (Å²) < 4.78 is 4.61. The highest BCUT2D eigenvalue weighted by molar-refractivity contribution is 5.85. The first-order chi connectivity index (χ1) is 6.79. The van der Waals surface area contributed by atoms with E-state index < -0.39 is 5.97 Å². The van der Waals surface area contributed by atoms with Crippen LogP contribution in [0, 0.1) is 0 Å². The molecule has 0 aromatic carbocycles. The fraction of sp³-hybridized carbons (Fsp3) is 0.636. The van der Waals surface area contributed by atoms with E-state index in [2.05, 4.69) is 10.8 Å². The molecule has 1 aliphatic rings. The molecule has 1 aliphatic heterocycles. The van der Waals surface area contributed by atoms with Crippen LogP contribution in [0.15, 0.2) is 12.2 Å². The van der Waals surface area contributed by atoms with E-state index in [4.69, 9.17) is 0 Å². The zero-order valence-corrected chi connectivity index (χ0v) is 8.33. The van der Waals surface area contributed by atoms with Crippen LogP contribution in [-0.2, 0) is 14.3 Å². The molecule has 0 N–H and O–H groups in total. The first-order valence-electron chi connectivity index (χ1n) is 5.17. The van der Waals surface area contributed by atoms with Gasteiger partial charge in [0.15, 0.2) is 0 Å². The van der Waals surface area contributed by atoms with Crippen molar-refractivity contribution in [2.24, 2.45) is 0 Å². The predicted octanol–water partition coefficient (Wildman–Crippen LogP) is 2.36. The van der Waals surface area contributed by atoms with E-state index in [1.807, 2.05) is 6.08 Å². The van der Waals surface area contributed by atoms with Gasteiger partial charge in [0.2, 0.25) is 0 Å². The van der Waals surface area contributed by atoms with Gasteiger partial charge in [-0.1, -0.05) is 18.6 Å². The van der Waals surface area contributed by atoms with Crippen molar-refractivity contribution in [2.45, 2.75) is 44.9 Å². The summed E-state index contributed by atoms with van der Waals surface area (Å²) in [5.74, 6) is -0.778. The van der Waals surface area contributed by atoms with E-state index in [1.165, 1.54) is 0 Å². The summed E-state index contributed by atoms with van der Waals surface area (Å²) in [7, 11) is 0. The molecule has 0 aliphatic carbocycles. The molecule has 0 atom stereocenters. The third-order valence-electron chi connectivity index (χ3n) is 2.16. The second-order valence-corrected chi connectivity index (χ2v) is 3.46. The highest BCUT2D eigenvalue weighted by Crippen LogP contribution is 2.07. The lowest BCUT2D eigenvalue weighted by atomic mass is 10.1. The van der Waals surface area contributed by atoms with E-state index in [-0.39, 0.29) is 5.97 Å². The number of hydrogen-bond acceptors (Lipinski definition) is 3. The predicted molar refractivity (Wildman–Crippen MR) is 52.6 cm³/mol. The van der Waals surface area contributed by atoms with Gasteiger partial charge in [0.1, 0.15) is 0 Å². The SMILES string of the molecule is O=C1CC/C=C\CCCCCC(=O)O1. The Kier molecular flexibility index (Phi) is 4.97. The molecule has 14 heavy (non-hydrogen) atoms. The van der Waals surface area contributed by atoms with Gasteiger partial charge in [-0.05, 0) is 25.7 Å². The van der Waals surface area contributed by atoms with Gasteiger partial charge >= 0.3 is 11.9 Å². The first-order valence-corrected chi connectivity index (χ1v) is 5.17. The number of allylic oxidation sites excluding steroid dienone is 2. The Balaban J connectivity index is 2.39. The lowest BCUT2D eigenvalue weighted by Gasteiger charge is -2.03. The zero-order valence-electron chi connectivity index (χ0n) is 8.33. The van der Waals surface area contributed by atoms with Gasteiger partial charge in [-0.2, -0.15) is 0 Å². The molecular formula is C11H16O3. The van der Waals surface area contributed by atoms with Crippen LogP contribution in [0.25, 0.3) is 0 Å². The molecule has 0 saturated carbocycles. The number of carbonyl (C=O) groups excluding carboxylic acids is 2. The van der Waals surface area contributed by atoms with E-state index in [1.54, 1.807) is 0 Å². The third kappa shape index (κ3) is 4.80. The number of hydrogen-bond donors (Lipinski definition) is 0. The fourth-order valence-electron chi connectivity index (χ4n) is 1.37. The standard InChI is InChI=1S/C11H16O3/c12-10-8-6-4-2-1-3-5-7-9-11(13)14-10/h2,4H,1,3,5-9H2/b4-2-. The number of carbonyl (C=O) groups is 2. The average molecular weight is 196 g/mol. The van der Waals surface area contributed by atoms with Gasteiger partial charge in [-0.3, -0.25) is 9.59 Å². The van der Waals surface area contributed by atoms with Crippen LogP contribution in [0.4, 0.5) is 0 Å². The van der Waals surface area contributed by atoms with Gasteiger partial charge < -0.3 is 4.74 Å². The molecule has 0 bridgehead atoms. The lowest BCUT2D eigenvalue weighted by molar-refractivity contribution is -0.159.